The molecular weight excluding hydrogens is 554 g/mol. The molecule has 2 aliphatic rings. The minimum absolute atomic E-state index is 0.0427. The second-order valence-corrected chi connectivity index (χ2v) is 10.9. The van der Waals surface area contributed by atoms with Crippen molar-refractivity contribution in [2.45, 2.75) is 39.2 Å². The van der Waals surface area contributed by atoms with Gasteiger partial charge in [0.05, 0.1) is 30.9 Å². The number of ether oxygens (including phenoxy) is 2. The van der Waals surface area contributed by atoms with E-state index in [-0.39, 0.29) is 24.8 Å². The predicted octanol–water partition coefficient (Wildman–Crippen LogP) is 3.62. The molecule has 10 nitrogen and oxygen atoms in total. The molecular formula is C31H41N5O5S. The first-order valence-corrected chi connectivity index (χ1v) is 15.1. The molecule has 2 aromatic rings. The normalized spacial score (nSPS) is 17.9. The summed E-state index contributed by atoms with van der Waals surface area (Å²) in [6.07, 6.45) is 1.68. The van der Waals surface area contributed by atoms with Gasteiger partial charge in [0.15, 0.2) is 5.11 Å². The van der Waals surface area contributed by atoms with Crippen molar-refractivity contribution in [3.8, 4) is 5.75 Å². The molecule has 11 heteroatoms. The number of anilines is 2. The quantitative estimate of drug-likeness (QED) is 0.275. The summed E-state index contributed by atoms with van der Waals surface area (Å²) in [7, 11) is 2.13. The van der Waals surface area contributed by atoms with Gasteiger partial charge in [-0.15, -0.1) is 0 Å². The Labute approximate surface area is 253 Å². The van der Waals surface area contributed by atoms with Crippen LogP contribution in [0, 0.1) is 0 Å². The number of likely N-dealkylation sites (N-methyl/N-ethyl adjacent to an activating group) is 1. The Bertz CT molecular complexity index is 1230. The summed E-state index contributed by atoms with van der Waals surface area (Å²) in [6, 6.07) is 13.1. The first-order chi connectivity index (χ1) is 20.3. The molecule has 0 radical (unpaired) electrons. The molecule has 2 amide bonds. The molecule has 0 spiro atoms. The van der Waals surface area contributed by atoms with E-state index < -0.39 is 12.0 Å². The Morgan fingerprint density at radius 2 is 1.67 bits per heavy atom. The highest BCUT2D eigenvalue weighted by atomic mass is 32.1. The third-order valence-electron chi connectivity index (χ3n) is 7.41. The highest BCUT2D eigenvalue weighted by Crippen LogP contribution is 2.28. The van der Waals surface area contributed by atoms with Crippen LogP contribution < -0.4 is 15.0 Å². The molecule has 2 heterocycles. The van der Waals surface area contributed by atoms with Crippen molar-refractivity contribution in [3.63, 3.8) is 0 Å². The van der Waals surface area contributed by atoms with Crippen molar-refractivity contribution in [2.24, 2.45) is 0 Å². The average molecular weight is 596 g/mol. The van der Waals surface area contributed by atoms with Crippen LogP contribution in [0.4, 0.5) is 11.4 Å². The van der Waals surface area contributed by atoms with E-state index in [0.717, 1.165) is 51.3 Å². The largest absolute Gasteiger partial charge is 0.494 e. The zero-order chi connectivity index (χ0) is 30.1. The van der Waals surface area contributed by atoms with Crippen LogP contribution in [-0.4, -0.2) is 103 Å². The van der Waals surface area contributed by atoms with Crippen LogP contribution in [0.2, 0.25) is 0 Å². The summed E-state index contributed by atoms with van der Waals surface area (Å²) < 4.78 is 10.7. The number of nitrogens with one attached hydrogen (secondary N) is 1. The lowest BCUT2D eigenvalue weighted by molar-refractivity contribution is -0.124. The van der Waals surface area contributed by atoms with Gasteiger partial charge in [0.1, 0.15) is 11.8 Å². The second-order valence-electron chi connectivity index (χ2n) is 10.6. The molecule has 42 heavy (non-hydrogen) atoms. The van der Waals surface area contributed by atoms with Gasteiger partial charge in [-0.2, -0.15) is 0 Å². The van der Waals surface area contributed by atoms with E-state index in [1.807, 2.05) is 24.0 Å². The van der Waals surface area contributed by atoms with E-state index in [2.05, 4.69) is 22.2 Å². The van der Waals surface area contributed by atoms with E-state index in [1.165, 1.54) is 4.90 Å². The molecule has 0 aliphatic carbocycles. The standard InChI is InChI=1S/C31H41N5O5S/c1-4-21-41-26-13-9-24(10-14-26)32-28(37)22-27-29(38)36(25-11-7-23(8-12-25)30(39)40-5-2)31(42)35(27)16-6-15-34-19-17-33(3)18-20-34/h7-14,27H,4-6,15-22H2,1-3H3,(H,32,37)/t27-/m0/s1. The highest BCUT2D eigenvalue weighted by Gasteiger charge is 2.44. The minimum atomic E-state index is -0.734. The average Bonchev–Trinajstić information content (AvgIpc) is 3.21. The second kappa shape index (κ2) is 15.1. The summed E-state index contributed by atoms with van der Waals surface area (Å²) in [4.78, 5) is 47.1. The van der Waals surface area contributed by atoms with Crippen molar-refractivity contribution >= 4 is 46.5 Å². The maximum Gasteiger partial charge on any atom is 0.338 e. The lowest BCUT2D eigenvalue weighted by Gasteiger charge is -2.33. The van der Waals surface area contributed by atoms with Gasteiger partial charge in [-0.1, -0.05) is 6.92 Å². The van der Waals surface area contributed by atoms with E-state index >= 15 is 0 Å². The van der Waals surface area contributed by atoms with Gasteiger partial charge in [0, 0.05) is 38.4 Å². The number of benzene rings is 2. The molecule has 2 saturated heterocycles. The predicted molar refractivity (Wildman–Crippen MR) is 167 cm³/mol. The Balaban J connectivity index is 1.46. The number of hydrogen-bond acceptors (Lipinski definition) is 8. The van der Waals surface area contributed by atoms with Crippen LogP contribution in [0.3, 0.4) is 0 Å². The van der Waals surface area contributed by atoms with Crippen molar-refractivity contribution < 1.29 is 23.9 Å². The zero-order valence-electron chi connectivity index (χ0n) is 24.7. The SMILES string of the molecule is CCCOc1ccc(NC(=O)C[C@H]2C(=O)N(c3ccc(C(=O)OCC)cc3)C(=S)N2CCCN2CCN(C)CC2)cc1. The van der Waals surface area contributed by atoms with E-state index in [4.69, 9.17) is 21.7 Å². The number of piperazine rings is 1. The van der Waals surface area contributed by atoms with Gasteiger partial charge in [0.25, 0.3) is 5.91 Å². The summed E-state index contributed by atoms with van der Waals surface area (Å²) in [6.45, 7) is 10.2. The summed E-state index contributed by atoms with van der Waals surface area (Å²) in [5, 5.41) is 3.27. The third-order valence-corrected chi connectivity index (χ3v) is 7.83. The number of amides is 2. The number of carbonyl (C=O) groups is 3. The molecule has 0 unspecified atom stereocenters. The van der Waals surface area contributed by atoms with Gasteiger partial charge >= 0.3 is 5.97 Å². The van der Waals surface area contributed by atoms with Gasteiger partial charge in [-0.3, -0.25) is 14.5 Å². The maximum absolute atomic E-state index is 13.8. The van der Waals surface area contributed by atoms with E-state index in [9.17, 15) is 14.4 Å². The molecule has 2 aliphatic heterocycles. The molecule has 1 atom stereocenters. The molecule has 2 aromatic carbocycles. The van der Waals surface area contributed by atoms with Gasteiger partial charge in [-0.25, -0.2) is 4.79 Å². The van der Waals surface area contributed by atoms with Crippen LogP contribution >= 0.6 is 12.2 Å². The molecule has 226 valence electrons. The first-order valence-electron chi connectivity index (χ1n) is 14.7. The lowest BCUT2D eigenvalue weighted by atomic mass is 10.1. The smallest absolute Gasteiger partial charge is 0.338 e. The van der Waals surface area contributed by atoms with Crippen molar-refractivity contribution in [2.75, 3.05) is 69.7 Å². The molecule has 4 rings (SSSR count). The Hall–Kier alpha value is -3.54. The minimum Gasteiger partial charge on any atom is -0.494 e. The number of hydrogen-bond donors (Lipinski definition) is 1. The lowest BCUT2D eigenvalue weighted by Crippen LogP contribution is -2.45. The fraction of sp³-hybridized carbons (Fsp3) is 0.484. The monoisotopic (exact) mass is 595 g/mol. The number of thiocarbonyl (C=S) groups is 1. The molecule has 0 bridgehead atoms. The summed E-state index contributed by atoms with van der Waals surface area (Å²) in [5.74, 6) is -0.226. The fourth-order valence-corrected chi connectivity index (χ4v) is 5.48. The first kappa shape index (κ1) is 31.4. The van der Waals surface area contributed by atoms with Crippen LogP contribution in [0.5, 0.6) is 5.75 Å². The maximum atomic E-state index is 13.8. The third kappa shape index (κ3) is 8.05. The molecule has 1 N–H and O–H groups in total. The van der Waals surface area contributed by atoms with E-state index in [0.29, 0.717) is 35.2 Å². The summed E-state index contributed by atoms with van der Waals surface area (Å²) >= 11 is 5.81. The van der Waals surface area contributed by atoms with Crippen molar-refractivity contribution in [3.05, 3.63) is 54.1 Å². The highest BCUT2D eigenvalue weighted by molar-refractivity contribution is 7.80. The molecule has 0 saturated carbocycles. The van der Waals surface area contributed by atoms with Crippen molar-refractivity contribution in [1.29, 1.82) is 0 Å². The van der Waals surface area contributed by atoms with E-state index in [1.54, 1.807) is 43.3 Å². The Morgan fingerprint density at radius 1 is 0.976 bits per heavy atom. The number of rotatable bonds is 13. The van der Waals surface area contributed by atoms with Gasteiger partial charge in [-0.05, 0) is 94.1 Å². The van der Waals surface area contributed by atoms with Gasteiger partial charge in [0.2, 0.25) is 5.91 Å². The number of carbonyl (C=O) groups excluding carboxylic acids is 3. The Kier molecular flexibility index (Phi) is 11.3. The molecule has 2 fully saturated rings. The Morgan fingerprint density at radius 3 is 2.31 bits per heavy atom. The van der Waals surface area contributed by atoms with Crippen molar-refractivity contribution in [1.82, 2.24) is 14.7 Å². The zero-order valence-corrected chi connectivity index (χ0v) is 25.5. The van der Waals surface area contributed by atoms with Gasteiger partial charge < -0.3 is 29.5 Å². The topological polar surface area (TPSA) is 94.7 Å². The fourth-order valence-electron chi connectivity index (χ4n) is 5.06. The van der Waals surface area contributed by atoms with Crippen LogP contribution in [0.25, 0.3) is 0 Å². The number of nitrogens with zero attached hydrogens (tertiary/aromatic N) is 4. The van der Waals surface area contributed by atoms with Crippen LogP contribution in [0.1, 0.15) is 43.5 Å². The van der Waals surface area contributed by atoms with Crippen LogP contribution in [-0.2, 0) is 14.3 Å². The summed E-state index contributed by atoms with van der Waals surface area (Å²) in [5.41, 5.74) is 1.57. The number of esters is 1. The van der Waals surface area contributed by atoms with Crippen LogP contribution in [0.15, 0.2) is 48.5 Å². The molecule has 0 aromatic heterocycles.